The molecule has 2 aliphatic rings. The van der Waals surface area contributed by atoms with E-state index in [4.69, 9.17) is 9.84 Å². The summed E-state index contributed by atoms with van der Waals surface area (Å²) in [5, 5.41) is 17.1. The van der Waals surface area contributed by atoms with Crippen LogP contribution in [0.5, 0.6) is 0 Å². The fraction of sp³-hybridized carbons (Fsp3) is 0.692. The molecule has 0 atom stereocenters. The van der Waals surface area contributed by atoms with Gasteiger partial charge in [-0.25, -0.2) is 9.59 Å². The van der Waals surface area contributed by atoms with Crippen molar-refractivity contribution in [2.24, 2.45) is 0 Å². The second-order valence-electron chi connectivity index (χ2n) is 7.50. The largest absolute Gasteiger partial charge is 0.476 e. The van der Waals surface area contributed by atoms with Gasteiger partial charge in [-0.05, 0) is 64.5 Å². The van der Waals surface area contributed by atoms with E-state index in [1.807, 2.05) is 46.2 Å². The Morgan fingerprint density at radius 1 is 0.833 bits per heavy atom. The van der Waals surface area contributed by atoms with Crippen LogP contribution in [0.2, 0.25) is 0 Å². The van der Waals surface area contributed by atoms with Gasteiger partial charge in [-0.15, -0.1) is 0 Å². The van der Waals surface area contributed by atoms with Crippen molar-refractivity contribution in [3.63, 3.8) is 0 Å². The van der Waals surface area contributed by atoms with E-state index in [-0.39, 0.29) is 11.7 Å². The lowest BCUT2D eigenvalue weighted by molar-refractivity contribution is 0.0517. The third-order valence-corrected chi connectivity index (χ3v) is 6.61. The maximum Gasteiger partial charge on any atom is 0.358 e. The topological polar surface area (TPSA) is 99.2 Å². The molecule has 0 bridgehead atoms. The lowest BCUT2D eigenvalue weighted by Gasteiger charge is -2.10. The number of hydrogen-bond acceptors (Lipinski definition) is 5. The number of aromatic carboxylic acids is 1. The van der Waals surface area contributed by atoms with Crippen molar-refractivity contribution >= 4 is 43.8 Å². The van der Waals surface area contributed by atoms with Crippen molar-refractivity contribution in [1.29, 1.82) is 0 Å². The van der Waals surface area contributed by atoms with Crippen LogP contribution in [0.4, 0.5) is 0 Å². The molecule has 1 N–H and O–H groups in total. The molecule has 2 aromatic rings. The van der Waals surface area contributed by atoms with Crippen molar-refractivity contribution in [1.82, 2.24) is 19.6 Å². The number of carbonyl (C=O) groups excluding carboxylic acids is 1. The Hall–Kier alpha value is -1.68. The summed E-state index contributed by atoms with van der Waals surface area (Å²) < 4.78 is 10.2. The van der Waals surface area contributed by atoms with Crippen molar-refractivity contribution in [2.75, 3.05) is 6.61 Å². The van der Waals surface area contributed by atoms with E-state index >= 15 is 0 Å². The van der Waals surface area contributed by atoms with Crippen LogP contribution in [0.15, 0.2) is 21.3 Å². The molecule has 4 rings (SSSR count). The van der Waals surface area contributed by atoms with E-state index < -0.39 is 5.97 Å². The summed E-state index contributed by atoms with van der Waals surface area (Å²) in [5.74, 6) is -1.32. The summed E-state index contributed by atoms with van der Waals surface area (Å²) in [5.41, 5.74) is 0.504. The SMILES string of the molecule is CC.CC.CC.CCOC(=O)c1cc(Br)n(C2CCCC2)n1.O=C(O)c1cc(Br)n(C2CCCC2)n1. The molecule has 0 radical (unpaired) electrons. The van der Waals surface area contributed by atoms with Crippen LogP contribution in [0.1, 0.15) is 133 Å². The number of esters is 1. The Morgan fingerprint density at radius 2 is 1.19 bits per heavy atom. The van der Waals surface area contributed by atoms with Gasteiger partial charge in [0.2, 0.25) is 0 Å². The molecule has 2 heterocycles. The fourth-order valence-corrected chi connectivity index (χ4v) is 5.13. The van der Waals surface area contributed by atoms with Gasteiger partial charge < -0.3 is 9.84 Å². The average molecular weight is 636 g/mol. The fourth-order valence-electron chi connectivity index (χ4n) is 3.96. The predicted molar refractivity (Wildman–Crippen MR) is 152 cm³/mol. The standard InChI is InChI=1S/C11H15BrN2O2.C9H11BrN2O2.3C2H6/c1-2-16-11(15)9-7-10(12)14(13-9)8-5-3-4-6-8;10-8-5-7(9(13)14)11-12(8)6-3-1-2-4-6;3*1-2/h7-8H,2-6H2,1H3;5-6H,1-4H2,(H,13,14);3*1-2H3. The van der Waals surface area contributed by atoms with Crippen LogP contribution < -0.4 is 0 Å². The second-order valence-corrected chi connectivity index (χ2v) is 9.12. The maximum absolute atomic E-state index is 11.5. The van der Waals surface area contributed by atoms with Crippen molar-refractivity contribution in [2.45, 2.75) is 112 Å². The minimum absolute atomic E-state index is 0.115. The Morgan fingerprint density at radius 3 is 1.53 bits per heavy atom. The molecular weight excluding hydrogens is 592 g/mol. The van der Waals surface area contributed by atoms with E-state index in [0.29, 0.717) is 24.4 Å². The Bertz CT molecular complexity index is 887. The van der Waals surface area contributed by atoms with Crippen molar-refractivity contribution in [3.05, 3.63) is 32.7 Å². The maximum atomic E-state index is 11.5. The van der Waals surface area contributed by atoms with Crippen LogP contribution in [0.25, 0.3) is 0 Å². The molecule has 10 heteroatoms. The first kappa shape index (κ1) is 34.3. The van der Waals surface area contributed by atoms with E-state index in [9.17, 15) is 9.59 Å². The van der Waals surface area contributed by atoms with Gasteiger partial charge >= 0.3 is 11.9 Å². The molecule has 0 saturated heterocycles. The number of carboxylic acid groups (broad SMARTS) is 1. The summed E-state index contributed by atoms with van der Waals surface area (Å²) in [7, 11) is 0. The number of ether oxygens (including phenoxy) is 1. The minimum Gasteiger partial charge on any atom is -0.476 e. The zero-order valence-corrected chi connectivity index (χ0v) is 26.1. The molecule has 2 saturated carbocycles. The highest BCUT2D eigenvalue weighted by Crippen LogP contribution is 2.32. The lowest BCUT2D eigenvalue weighted by atomic mass is 10.3. The highest BCUT2D eigenvalue weighted by atomic mass is 79.9. The number of carboxylic acids is 1. The highest BCUT2D eigenvalue weighted by molar-refractivity contribution is 9.10. The number of halogens is 2. The van der Waals surface area contributed by atoms with Crippen LogP contribution in [0.3, 0.4) is 0 Å². The monoisotopic (exact) mass is 634 g/mol. The zero-order chi connectivity index (χ0) is 27.7. The van der Waals surface area contributed by atoms with Gasteiger partial charge in [0.05, 0.1) is 18.7 Å². The predicted octanol–water partition coefficient (Wildman–Crippen LogP) is 8.47. The first-order valence-electron chi connectivity index (χ1n) is 13.3. The van der Waals surface area contributed by atoms with Crippen LogP contribution in [0, 0.1) is 0 Å². The summed E-state index contributed by atoms with van der Waals surface area (Å²) in [6.45, 7) is 14.2. The first-order valence-corrected chi connectivity index (χ1v) is 14.9. The molecule has 2 fully saturated rings. The molecule has 2 aromatic heterocycles. The molecular formula is C26H44Br2N4O4. The van der Waals surface area contributed by atoms with E-state index in [0.717, 1.165) is 34.9 Å². The molecule has 0 aliphatic heterocycles. The molecule has 0 aromatic carbocycles. The van der Waals surface area contributed by atoms with Crippen LogP contribution in [-0.4, -0.2) is 43.2 Å². The smallest absolute Gasteiger partial charge is 0.358 e. The molecule has 0 spiro atoms. The average Bonchev–Trinajstić information content (AvgIpc) is 3.70. The molecule has 8 nitrogen and oxygen atoms in total. The van der Waals surface area contributed by atoms with Gasteiger partial charge in [-0.3, -0.25) is 9.36 Å². The van der Waals surface area contributed by atoms with Gasteiger partial charge in [-0.1, -0.05) is 67.2 Å². The molecule has 206 valence electrons. The number of carbonyl (C=O) groups is 2. The third kappa shape index (κ3) is 10.4. The van der Waals surface area contributed by atoms with Gasteiger partial charge in [0.1, 0.15) is 9.21 Å². The summed E-state index contributed by atoms with van der Waals surface area (Å²) in [6, 6.07) is 4.09. The summed E-state index contributed by atoms with van der Waals surface area (Å²) >= 11 is 6.77. The Labute approximate surface area is 233 Å². The molecule has 36 heavy (non-hydrogen) atoms. The minimum atomic E-state index is -0.970. The van der Waals surface area contributed by atoms with E-state index in [1.165, 1.54) is 25.7 Å². The van der Waals surface area contributed by atoms with Crippen molar-refractivity contribution < 1.29 is 19.4 Å². The van der Waals surface area contributed by atoms with Crippen molar-refractivity contribution in [3.8, 4) is 0 Å². The lowest BCUT2D eigenvalue weighted by Crippen LogP contribution is -2.10. The van der Waals surface area contributed by atoms with Crippen LogP contribution in [-0.2, 0) is 4.74 Å². The normalized spacial score (nSPS) is 14.7. The number of aromatic nitrogens is 4. The zero-order valence-electron chi connectivity index (χ0n) is 22.9. The van der Waals surface area contributed by atoms with Gasteiger partial charge in [0.25, 0.3) is 0 Å². The third-order valence-electron chi connectivity index (χ3n) is 5.43. The van der Waals surface area contributed by atoms with E-state index in [1.54, 1.807) is 23.7 Å². The van der Waals surface area contributed by atoms with Crippen LogP contribution >= 0.6 is 31.9 Å². The Balaban J connectivity index is 0.000000567. The summed E-state index contributed by atoms with van der Waals surface area (Å²) in [6.07, 6.45) is 9.37. The van der Waals surface area contributed by atoms with E-state index in [2.05, 4.69) is 42.1 Å². The van der Waals surface area contributed by atoms with Gasteiger partial charge in [-0.2, -0.15) is 10.2 Å². The first-order chi connectivity index (χ1) is 17.4. The van der Waals surface area contributed by atoms with Gasteiger partial charge in [0, 0.05) is 12.1 Å². The second kappa shape index (κ2) is 19.4. The quantitative estimate of drug-likeness (QED) is 0.331. The number of rotatable bonds is 5. The summed E-state index contributed by atoms with van der Waals surface area (Å²) in [4.78, 5) is 22.2. The molecule has 2 aliphatic carbocycles. The molecule has 0 amide bonds. The highest BCUT2D eigenvalue weighted by Gasteiger charge is 2.23. The number of nitrogens with zero attached hydrogens (tertiary/aromatic N) is 4. The van der Waals surface area contributed by atoms with Gasteiger partial charge in [0.15, 0.2) is 11.4 Å². The molecule has 0 unspecified atom stereocenters. The number of hydrogen-bond donors (Lipinski definition) is 1. The Kier molecular flexibility index (Phi) is 18.5.